The molecule has 0 saturated carbocycles. The Balaban J connectivity index is 1.85. The van der Waals surface area contributed by atoms with Gasteiger partial charge < -0.3 is 15.0 Å². The van der Waals surface area contributed by atoms with Crippen molar-refractivity contribution in [2.45, 2.75) is 45.3 Å². The van der Waals surface area contributed by atoms with E-state index in [1.165, 1.54) is 30.8 Å². The fourth-order valence-electron chi connectivity index (χ4n) is 3.13. The van der Waals surface area contributed by atoms with E-state index >= 15 is 0 Å². The third-order valence-corrected chi connectivity index (χ3v) is 4.06. The number of rotatable bonds is 3. The summed E-state index contributed by atoms with van der Waals surface area (Å²) in [6.07, 6.45) is 5.91. The fraction of sp³-hybridized carbons (Fsp3) is 0.769. The van der Waals surface area contributed by atoms with Gasteiger partial charge in [-0.3, -0.25) is 0 Å². The average molecular weight is 235 g/mol. The van der Waals surface area contributed by atoms with Crippen LogP contribution in [0.15, 0.2) is 0 Å². The predicted molar refractivity (Wildman–Crippen MR) is 65.8 cm³/mol. The summed E-state index contributed by atoms with van der Waals surface area (Å²) < 4.78 is 2.37. The lowest BCUT2D eigenvalue weighted by Crippen LogP contribution is -2.17. The Kier molecular flexibility index (Phi) is 3.16. The summed E-state index contributed by atoms with van der Waals surface area (Å²) in [5.41, 5.74) is 2.21. The highest BCUT2D eigenvalue weighted by Gasteiger charge is 2.23. The number of aliphatic hydroxyl groups excluding tert-OH is 1. The van der Waals surface area contributed by atoms with Crippen molar-refractivity contribution in [2.24, 2.45) is 5.92 Å². The van der Waals surface area contributed by atoms with Crippen LogP contribution in [0.4, 0.5) is 0 Å². The van der Waals surface area contributed by atoms with Crippen LogP contribution in [0.2, 0.25) is 0 Å². The van der Waals surface area contributed by atoms with Crippen molar-refractivity contribution in [2.75, 3.05) is 13.1 Å². The van der Waals surface area contributed by atoms with E-state index in [9.17, 15) is 5.11 Å². The van der Waals surface area contributed by atoms with Gasteiger partial charge in [0.2, 0.25) is 0 Å². The van der Waals surface area contributed by atoms with Gasteiger partial charge in [-0.2, -0.15) is 0 Å². The molecule has 2 aliphatic rings. The lowest BCUT2D eigenvalue weighted by molar-refractivity contribution is 0.275. The van der Waals surface area contributed by atoms with E-state index in [0.717, 1.165) is 44.1 Å². The highest BCUT2D eigenvalue weighted by Crippen LogP contribution is 2.23. The van der Waals surface area contributed by atoms with Gasteiger partial charge in [0, 0.05) is 18.7 Å². The maximum atomic E-state index is 9.38. The molecule has 1 atom stereocenters. The summed E-state index contributed by atoms with van der Waals surface area (Å²) in [7, 11) is 0. The SMILES string of the molecule is OCc1nc(CC2CCNC2)n2c1CCCC2. The van der Waals surface area contributed by atoms with Crippen LogP contribution in [0.1, 0.15) is 36.5 Å². The van der Waals surface area contributed by atoms with Gasteiger partial charge in [0.25, 0.3) is 0 Å². The summed E-state index contributed by atoms with van der Waals surface area (Å²) >= 11 is 0. The minimum absolute atomic E-state index is 0.0955. The Morgan fingerprint density at radius 2 is 2.35 bits per heavy atom. The molecule has 3 heterocycles. The van der Waals surface area contributed by atoms with Crippen molar-refractivity contribution in [3.63, 3.8) is 0 Å². The van der Waals surface area contributed by atoms with Crippen LogP contribution < -0.4 is 5.32 Å². The van der Waals surface area contributed by atoms with E-state index in [0.29, 0.717) is 0 Å². The molecule has 0 aliphatic carbocycles. The van der Waals surface area contributed by atoms with E-state index in [2.05, 4.69) is 14.9 Å². The standard InChI is InChI=1S/C13H21N3O/c17-9-11-12-3-1-2-6-16(12)13(15-11)7-10-4-5-14-8-10/h10,14,17H,1-9H2. The molecule has 4 nitrogen and oxygen atoms in total. The van der Waals surface area contributed by atoms with Crippen LogP contribution in [0.5, 0.6) is 0 Å². The maximum absolute atomic E-state index is 9.38. The molecule has 0 aromatic carbocycles. The van der Waals surface area contributed by atoms with Crippen molar-refractivity contribution >= 4 is 0 Å². The van der Waals surface area contributed by atoms with Gasteiger partial charge in [-0.05, 0) is 44.7 Å². The number of hydrogen-bond acceptors (Lipinski definition) is 3. The van der Waals surface area contributed by atoms with Crippen LogP contribution in [0, 0.1) is 5.92 Å². The number of hydrogen-bond donors (Lipinski definition) is 2. The van der Waals surface area contributed by atoms with Crippen molar-refractivity contribution in [1.82, 2.24) is 14.9 Å². The van der Waals surface area contributed by atoms with Crippen LogP contribution >= 0.6 is 0 Å². The first-order chi connectivity index (χ1) is 8.38. The van der Waals surface area contributed by atoms with E-state index in [1.54, 1.807) is 0 Å². The largest absolute Gasteiger partial charge is 0.390 e. The van der Waals surface area contributed by atoms with Crippen LogP contribution in [-0.4, -0.2) is 27.7 Å². The van der Waals surface area contributed by atoms with Gasteiger partial charge in [-0.15, -0.1) is 0 Å². The van der Waals surface area contributed by atoms with Crippen molar-refractivity contribution in [3.05, 3.63) is 17.2 Å². The molecule has 1 aromatic rings. The molecule has 94 valence electrons. The molecule has 1 aromatic heterocycles. The Labute approximate surface area is 102 Å². The first-order valence-electron chi connectivity index (χ1n) is 6.77. The van der Waals surface area contributed by atoms with Gasteiger partial charge in [-0.1, -0.05) is 0 Å². The number of nitrogens with one attached hydrogen (secondary N) is 1. The minimum Gasteiger partial charge on any atom is -0.390 e. The maximum Gasteiger partial charge on any atom is 0.109 e. The quantitative estimate of drug-likeness (QED) is 0.817. The molecule has 1 unspecified atom stereocenters. The number of aromatic nitrogens is 2. The number of fused-ring (bicyclic) bond motifs is 1. The number of aliphatic hydroxyl groups is 1. The summed E-state index contributed by atoms with van der Waals surface area (Å²) in [5.74, 6) is 1.94. The molecule has 0 radical (unpaired) electrons. The van der Waals surface area contributed by atoms with Crippen molar-refractivity contribution < 1.29 is 5.11 Å². The molecule has 3 rings (SSSR count). The molecule has 1 saturated heterocycles. The Bertz CT molecular complexity index is 394. The highest BCUT2D eigenvalue weighted by molar-refractivity contribution is 5.19. The first-order valence-corrected chi connectivity index (χ1v) is 6.77. The molecule has 0 amide bonds. The van der Waals surface area contributed by atoms with Gasteiger partial charge >= 0.3 is 0 Å². The third kappa shape index (κ3) is 2.11. The molecule has 0 bridgehead atoms. The lowest BCUT2D eigenvalue weighted by Gasteiger charge is -2.18. The molecule has 2 N–H and O–H groups in total. The van der Waals surface area contributed by atoms with Gasteiger partial charge in [0.05, 0.1) is 12.3 Å². The minimum atomic E-state index is 0.0955. The summed E-state index contributed by atoms with van der Waals surface area (Å²) in [5, 5.41) is 12.8. The van der Waals surface area contributed by atoms with Crippen LogP contribution in [0.3, 0.4) is 0 Å². The Morgan fingerprint density at radius 1 is 1.41 bits per heavy atom. The zero-order chi connectivity index (χ0) is 11.7. The average Bonchev–Trinajstić information content (AvgIpc) is 2.98. The molecule has 0 spiro atoms. The molecular formula is C13H21N3O. The number of imidazole rings is 1. The second kappa shape index (κ2) is 4.78. The Hall–Kier alpha value is -0.870. The predicted octanol–water partition coefficient (Wildman–Crippen LogP) is 0.864. The van der Waals surface area contributed by atoms with Gasteiger partial charge in [0.15, 0.2) is 0 Å². The Morgan fingerprint density at radius 3 is 3.12 bits per heavy atom. The third-order valence-electron chi connectivity index (χ3n) is 4.06. The second-order valence-corrected chi connectivity index (χ2v) is 5.25. The molecule has 2 aliphatic heterocycles. The second-order valence-electron chi connectivity index (χ2n) is 5.25. The highest BCUT2D eigenvalue weighted by atomic mass is 16.3. The molecular weight excluding hydrogens is 214 g/mol. The smallest absolute Gasteiger partial charge is 0.109 e. The summed E-state index contributed by atoms with van der Waals surface area (Å²) in [4.78, 5) is 4.66. The molecule has 17 heavy (non-hydrogen) atoms. The summed E-state index contributed by atoms with van der Waals surface area (Å²) in [6, 6.07) is 0. The zero-order valence-corrected chi connectivity index (χ0v) is 10.3. The van der Waals surface area contributed by atoms with Gasteiger partial charge in [-0.25, -0.2) is 4.98 Å². The van der Waals surface area contributed by atoms with Crippen molar-refractivity contribution in [1.29, 1.82) is 0 Å². The first kappa shape index (κ1) is 11.2. The van der Waals surface area contributed by atoms with Crippen LogP contribution in [0.25, 0.3) is 0 Å². The normalized spacial score (nSPS) is 23.9. The van der Waals surface area contributed by atoms with Crippen LogP contribution in [-0.2, 0) is 26.0 Å². The van der Waals surface area contributed by atoms with Gasteiger partial charge in [0.1, 0.15) is 5.82 Å². The molecule has 1 fully saturated rings. The van der Waals surface area contributed by atoms with E-state index in [1.807, 2.05) is 0 Å². The molecule has 4 heteroatoms. The van der Waals surface area contributed by atoms with E-state index in [-0.39, 0.29) is 6.61 Å². The van der Waals surface area contributed by atoms with E-state index < -0.39 is 0 Å². The number of nitrogens with zero attached hydrogens (tertiary/aromatic N) is 2. The topological polar surface area (TPSA) is 50.1 Å². The summed E-state index contributed by atoms with van der Waals surface area (Å²) in [6.45, 7) is 3.46. The monoisotopic (exact) mass is 235 g/mol. The van der Waals surface area contributed by atoms with E-state index in [4.69, 9.17) is 0 Å². The zero-order valence-electron chi connectivity index (χ0n) is 10.3. The van der Waals surface area contributed by atoms with Crippen molar-refractivity contribution in [3.8, 4) is 0 Å². The fourth-order valence-corrected chi connectivity index (χ4v) is 3.13. The lowest BCUT2D eigenvalue weighted by atomic mass is 10.0.